The first kappa shape index (κ1) is 20.3. The molecule has 1 aliphatic heterocycles. The smallest absolute Gasteiger partial charge is 0.120 e. The van der Waals surface area contributed by atoms with Gasteiger partial charge in [-0.2, -0.15) is 0 Å². The van der Waals surface area contributed by atoms with Crippen LogP contribution in [0.2, 0.25) is 0 Å². The van der Waals surface area contributed by atoms with Gasteiger partial charge in [0, 0.05) is 37.5 Å². The molecule has 0 N–H and O–H groups in total. The van der Waals surface area contributed by atoms with Crippen LogP contribution in [0.15, 0.2) is 17.5 Å². The Morgan fingerprint density at radius 1 is 1.24 bits per heavy atom. The van der Waals surface area contributed by atoms with Gasteiger partial charge < -0.3 is 14.6 Å². The molecule has 2 rings (SSSR count). The molecular weight excluding hydrogens is 280 g/mol. The summed E-state index contributed by atoms with van der Waals surface area (Å²) in [6, 6.07) is 4.15. The fourth-order valence-corrected chi connectivity index (χ4v) is 2.73. The zero-order valence-electron chi connectivity index (χ0n) is 14.2. The van der Waals surface area contributed by atoms with Crippen LogP contribution in [0.3, 0.4) is 0 Å². The quantitative estimate of drug-likeness (QED) is 0.613. The molecule has 0 amide bonds. The molecule has 0 unspecified atom stereocenters. The van der Waals surface area contributed by atoms with Gasteiger partial charge in [0.1, 0.15) is 6.29 Å². The van der Waals surface area contributed by atoms with Crippen molar-refractivity contribution in [1.29, 1.82) is 0 Å². The Kier molecular flexibility index (Phi) is 13.8. The summed E-state index contributed by atoms with van der Waals surface area (Å²) in [5.74, 6) is 0. The zero-order valence-corrected chi connectivity index (χ0v) is 15.0. The van der Waals surface area contributed by atoms with Gasteiger partial charge in [-0.3, -0.25) is 0 Å². The number of unbranched alkanes of at least 4 members (excludes halogenated alkanes) is 1. The lowest BCUT2D eigenvalue weighted by Gasteiger charge is -2.31. The molecule has 0 bridgehead atoms. The molecule has 0 saturated carbocycles. The lowest BCUT2D eigenvalue weighted by atomic mass is 10.2. The first-order valence-corrected chi connectivity index (χ1v) is 9.01. The summed E-state index contributed by atoms with van der Waals surface area (Å²) in [7, 11) is 2.19. The van der Waals surface area contributed by atoms with Crippen molar-refractivity contribution >= 4 is 17.6 Å². The average molecular weight is 313 g/mol. The molecule has 1 fully saturated rings. The maximum atomic E-state index is 9.94. The second-order valence-corrected chi connectivity index (χ2v) is 5.91. The molecule has 4 heteroatoms. The number of hydrogen-bond acceptors (Lipinski definition) is 4. The summed E-state index contributed by atoms with van der Waals surface area (Å²) in [5, 5.41) is 2.07. The lowest BCUT2D eigenvalue weighted by Crippen LogP contribution is -2.44. The lowest BCUT2D eigenvalue weighted by molar-refractivity contribution is -0.107. The monoisotopic (exact) mass is 312 g/mol. The van der Waals surface area contributed by atoms with E-state index in [1.54, 1.807) is 11.3 Å². The summed E-state index contributed by atoms with van der Waals surface area (Å²) < 4.78 is 0. The Bertz CT molecular complexity index is 320. The number of hydrogen-bond donors (Lipinski definition) is 0. The average Bonchev–Trinajstić information content (AvgIpc) is 3.04. The van der Waals surface area contributed by atoms with Crippen molar-refractivity contribution in [2.75, 3.05) is 39.8 Å². The number of rotatable bonds is 5. The van der Waals surface area contributed by atoms with Gasteiger partial charge in [0.2, 0.25) is 0 Å². The summed E-state index contributed by atoms with van der Waals surface area (Å²) in [4.78, 5) is 16.2. The topological polar surface area (TPSA) is 23.6 Å². The first-order chi connectivity index (χ1) is 10.3. The molecule has 1 aliphatic rings. The molecule has 0 atom stereocenters. The minimum absolute atomic E-state index is 0.692. The Balaban J connectivity index is 0.000000342. The third kappa shape index (κ3) is 10.6. The molecule has 122 valence electrons. The highest BCUT2D eigenvalue weighted by Gasteiger charge is 2.10. The molecule has 0 aromatic carbocycles. The molecule has 1 aromatic rings. The van der Waals surface area contributed by atoms with Crippen molar-refractivity contribution in [1.82, 2.24) is 9.80 Å². The van der Waals surface area contributed by atoms with Crippen LogP contribution in [-0.2, 0) is 11.2 Å². The Labute approximate surface area is 135 Å². The highest BCUT2D eigenvalue weighted by Crippen LogP contribution is 2.11. The molecule has 0 spiro atoms. The number of carbonyl (C=O) groups is 1. The van der Waals surface area contributed by atoms with Gasteiger partial charge in [-0.1, -0.05) is 26.8 Å². The maximum Gasteiger partial charge on any atom is 0.120 e. The molecule has 3 nitrogen and oxygen atoms in total. The van der Waals surface area contributed by atoms with Crippen molar-refractivity contribution in [2.45, 2.75) is 40.0 Å². The number of thiophene rings is 1. The fraction of sp³-hybridized carbons (Fsp3) is 0.706. The van der Waals surface area contributed by atoms with E-state index >= 15 is 0 Å². The summed E-state index contributed by atoms with van der Waals surface area (Å²) in [6.07, 6.45) is 3.71. The third-order valence-electron chi connectivity index (χ3n) is 3.37. The van der Waals surface area contributed by atoms with E-state index in [0.717, 1.165) is 19.1 Å². The summed E-state index contributed by atoms with van der Waals surface area (Å²) in [5.41, 5.74) is 0. The van der Waals surface area contributed by atoms with Crippen molar-refractivity contribution in [3.63, 3.8) is 0 Å². The summed E-state index contributed by atoms with van der Waals surface area (Å²) in [6.45, 7) is 12.4. The Morgan fingerprint density at radius 2 is 1.90 bits per heavy atom. The van der Waals surface area contributed by atoms with Crippen molar-refractivity contribution in [2.24, 2.45) is 0 Å². The number of carbonyl (C=O) groups excluding carboxylic acids is 1. The van der Waals surface area contributed by atoms with E-state index in [4.69, 9.17) is 0 Å². The van der Waals surface area contributed by atoms with Gasteiger partial charge in [-0.05, 0) is 37.9 Å². The van der Waals surface area contributed by atoms with E-state index in [9.17, 15) is 4.79 Å². The fourth-order valence-electron chi connectivity index (χ4n) is 1.98. The number of piperazine rings is 1. The van der Waals surface area contributed by atoms with Crippen LogP contribution in [0.4, 0.5) is 0 Å². The SMILES string of the molecule is CC.CCN1CCN(C)CC1.O=CCCCc1cccs1. The van der Waals surface area contributed by atoms with Gasteiger partial charge in [-0.25, -0.2) is 0 Å². The molecular formula is C17H32N2OS. The van der Waals surface area contributed by atoms with Crippen LogP contribution in [0.25, 0.3) is 0 Å². The normalized spacial score (nSPS) is 15.4. The third-order valence-corrected chi connectivity index (χ3v) is 4.30. The molecule has 2 heterocycles. The van der Waals surface area contributed by atoms with Crippen LogP contribution in [0.1, 0.15) is 38.5 Å². The van der Waals surface area contributed by atoms with E-state index in [1.165, 1.54) is 37.6 Å². The standard InChI is InChI=1S/C8H10OS.C7H16N2.C2H6/c9-6-2-1-4-8-5-3-7-10-8;1-3-9-6-4-8(2)5-7-9;1-2/h3,5-7H,1-2,4H2;3-7H2,1-2H3;1-2H3. The van der Waals surface area contributed by atoms with E-state index in [0.29, 0.717) is 6.42 Å². The highest BCUT2D eigenvalue weighted by molar-refractivity contribution is 7.09. The predicted molar refractivity (Wildman–Crippen MR) is 94.3 cm³/mol. The van der Waals surface area contributed by atoms with Crippen molar-refractivity contribution < 1.29 is 4.79 Å². The maximum absolute atomic E-state index is 9.94. The van der Waals surface area contributed by atoms with E-state index in [2.05, 4.69) is 35.2 Å². The second-order valence-electron chi connectivity index (χ2n) is 4.88. The van der Waals surface area contributed by atoms with Crippen LogP contribution in [0, 0.1) is 0 Å². The highest BCUT2D eigenvalue weighted by atomic mass is 32.1. The van der Waals surface area contributed by atoms with Gasteiger partial charge in [0.15, 0.2) is 0 Å². The van der Waals surface area contributed by atoms with Crippen LogP contribution >= 0.6 is 11.3 Å². The van der Waals surface area contributed by atoms with Crippen molar-refractivity contribution in [3.8, 4) is 0 Å². The molecule has 21 heavy (non-hydrogen) atoms. The number of aldehydes is 1. The molecule has 1 saturated heterocycles. The van der Waals surface area contributed by atoms with Gasteiger partial charge in [0.05, 0.1) is 0 Å². The second kappa shape index (κ2) is 14.2. The molecule has 0 radical (unpaired) electrons. The van der Waals surface area contributed by atoms with E-state index in [1.807, 2.05) is 19.9 Å². The van der Waals surface area contributed by atoms with Gasteiger partial charge in [0.25, 0.3) is 0 Å². The van der Waals surface area contributed by atoms with Crippen molar-refractivity contribution in [3.05, 3.63) is 22.4 Å². The number of aryl methyl sites for hydroxylation is 1. The zero-order chi connectivity index (χ0) is 15.9. The minimum atomic E-state index is 0.692. The predicted octanol–water partition coefficient (Wildman–Crippen LogP) is 3.55. The van der Waals surface area contributed by atoms with Crippen LogP contribution in [0.5, 0.6) is 0 Å². The molecule has 0 aliphatic carbocycles. The van der Waals surface area contributed by atoms with Gasteiger partial charge >= 0.3 is 0 Å². The number of likely N-dealkylation sites (N-methyl/N-ethyl adjacent to an activating group) is 2. The van der Waals surface area contributed by atoms with Crippen LogP contribution < -0.4 is 0 Å². The van der Waals surface area contributed by atoms with Gasteiger partial charge in [-0.15, -0.1) is 11.3 Å². The number of nitrogens with zero attached hydrogens (tertiary/aromatic N) is 2. The Morgan fingerprint density at radius 3 is 2.38 bits per heavy atom. The minimum Gasteiger partial charge on any atom is -0.304 e. The van der Waals surface area contributed by atoms with E-state index in [-0.39, 0.29) is 0 Å². The first-order valence-electron chi connectivity index (χ1n) is 8.13. The Hall–Kier alpha value is -0.710. The summed E-state index contributed by atoms with van der Waals surface area (Å²) >= 11 is 1.76. The largest absolute Gasteiger partial charge is 0.304 e. The molecule has 1 aromatic heterocycles. The van der Waals surface area contributed by atoms with Crippen LogP contribution in [-0.4, -0.2) is 55.9 Å². The van der Waals surface area contributed by atoms with E-state index < -0.39 is 0 Å².